The van der Waals surface area contributed by atoms with Crippen molar-refractivity contribution < 1.29 is 61.9 Å². The van der Waals surface area contributed by atoms with Gasteiger partial charge in [0.15, 0.2) is 12.2 Å². The summed E-state index contributed by atoms with van der Waals surface area (Å²) in [4.78, 5) is 76.9. The highest BCUT2D eigenvalue weighted by atomic mass is 16.6. The summed E-state index contributed by atoms with van der Waals surface area (Å²) in [5.41, 5.74) is -4.69. The van der Waals surface area contributed by atoms with Gasteiger partial charge < -0.3 is 33.2 Å². The van der Waals surface area contributed by atoms with Gasteiger partial charge in [-0.25, -0.2) is 4.79 Å². The van der Waals surface area contributed by atoms with Gasteiger partial charge in [0.1, 0.15) is 35.9 Å². The predicted molar refractivity (Wildman–Crippen MR) is 152 cm³/mol. The molecule has 9 atom stereocenters. The Morgan fingerprint density at radius 3 is 1.80 bits per heavy atom. The van der Waals surface area contributed by atoms with Gasteiger partial charge in [0, 0.05) is 34.6 Å². The molecule has 0 unspecified atom stereocenters. The maximum Gasteiger partial charge on any atom is 0.338 e. The van der Waals surface area contributed by atoms with Crippen molar-refractivity contribution in [3.05, 3.63) is 35.9 Å². The molecule has 0 radical (unpaired) electrons. The standard InChI is InChI=1S/C32H40O13/c1-16-14-23(40-18(3)34)26(41-19(4)35)31(15-39-17(2)33)28(43-21(6)37)25(44-29(38)22-12-10-9-11-13-22)24-27(42-20(5)36)32(16,31)45-30(24,7)8/h9-13,16,23-28H,14-15H2,1-8H3/t16-,23+,24-,25-,26+,27-,28-,31+,32-/m0/s1. The molecule has 1 spiro atoms. The SMILES string of the molecule is CC(=O)OC[C@]12[C@H](OC(C)=O)[C@H](OC(C)=O)C[C@H](C)[C@@]13OC(C)(C)[C@@H]([C@H](OC(=O)c1ccccc1)[C@@H]2OC(C)=O)[C@@H]3OC(C)=O. The van der Waals surface area contributed by atoms with E-state index in [0.717, 1.165) is 20.8 Å². The summed E-state index contributed by atoms with van der Waals surface area (Å²) in [6.07, 6.45) is -6.73. The number of rotatable bonds is 8. The van der Waals surface area contributed by atoms with Crippen molar-refractivity contribution >= 4 is 35.8 Å². The van der Waals surface area contributed by atoms with E-state index < -0.39 is 101 Å². The zero-order valence-electron chi connectivity index (χ0n) is 26.6. The summed E-state index contributed by atoms with van der Waals surface area (Å²) in [5, 5.41) is 0. The zero-order valence-corrected chi connectivity index (χ0v) is 26.6. The normalized spacial score (nSPS) is 34.4. The van der Waals surface area contributed by atoms with Crippen LogP contribution >= 0.6 is 0 Å². The molecule has 4 rings (SSSR count). The van der Waals surface area contributed by atoms with E-state index in [2.05, 4.69) is 0 Å². The largest absolute Gasteiger partial charge is 0.465 e. The van der Waals surface area contributed by atoms with Crippen molar-refractivity contribution in [1.82, 2.24) is 0 Å². The van der Waals surface area contributed by atoms with E-state index in [4.69, 9.17) is 33.2 Å². The van der Waals surface area contributed by atoms with E-state index in [0.29, 0.717) is 0 Å². The number of fused-ring (bicyclic) bond motifs is 1. The molecule has 1 heterocycles. The zero-order chi connectivity index (χ0) is 33.5. The topological polar surface area (TPSA) is 167 Å². The first-order valence-electron chi connectivity index (χ1n) is 14.8. The fourth-order valence-corrected chi connectivity index (χ4v) is 7.80. The monoisotopic (exact) mass is 632 g/mol. The van der Waals surface area contributed by atoms with Gasteiger partial charge in [-0.2, -0.15) is 0 Å². The van der Waals surface area contributed by atoms with Crippen LogP contribution in [0.4, 0.5) is 0 Å². The Balaban J connectivity index is 2.11. The molecule has 0 aromatic heterocycles. The van der Waals surface area contributed by atoms with Gasteiger partial charge >= 0.3 is 35.8 Å². The van der Waals surface area contributed by atoms with Gasteiger partial charge in [-0.05, 0) is 38.3 Å². The molecule has 3 aliphatic rings. The molecule has 1 saturated heterocycles. The molecule has 1 aromatic carbocycles. The number of carbonyl (C=O) groups is 6. The molecule has 45 heavy (non-hydrogen) atoms. The third-order valence-electron chi connectivity index (χ3n) is 9.00. The number of esters is 6. The van der Waals surface area contributed by atoms with E-state index in [1.807, 2.05) is 0 Å². The Morgan fingerprint density at radius 1 is 0.733 bits per heavy atom. The molecule has 1 aliphatic heterocycles. The maximum absolute atomic E-state index is 13.7. The van der Waals surface area contributed by atoms with Gasteiger partial charge in [-0.1, -0.05) is 25.1 Å². The van der Waals surface area contributed by atoms with Crippen LogP contribution < -0.4 is 0 Å². The molecule has 2 aliphatic carbocycles. The Labute approximate surface area is 261 Å². The first kappa shape index (κ1) is 33.9. The van der Waals surface area contributed by atoms with Crippen molar-refractivity contribution in [2.45, 2.75) is 104 Å². The van der Waals surface area contributed by atoms with Gasteiger partial charge in [0.05, 0.1) is 17.1 Å². The first-order valence-corrected chi connectivity index (χ1v) is 14.8. The summed E-state index contributed by atoms with van der Waals surface area (Å²) in [6, 6.07) is 8.07. The minimum atomic E-state index is -1.94. The molecular weight excluding hydrogens is 592 g/mol. The maximum atomic E-state index is 13.7. The number of carbonyl (C=O) groups excluding carboxylic acids is 6. The molecule has 2 saturated carbocycles. The van der Waals surface area contributed by atoms with Crippen LogP contribution in [0.3, 0.4) is 0 Å². The van der Waals surface area contributed by atoms with E-state index >= 15 is 0 Å². The molecule has 13 heteroatoms. The van der Waals surface area contributed by atoms with E-state index in [9.17, 15) is 28.8 Å². The average molecular weight is 633 g/mol. The summed E-state index contributed by atoms with van der Waals surface area (Å²) in [7, 11) is 0. The molecule has 246 valence electrons. The highest BCUT2D eigenvalue weighted by Crippen LogP contribution is 2.68. The van der Waals surface area contributed by atoms with E-state index in [1.54, 1.807) is 39.0 Å². The van der Waals surface area contributed by atoms with Gasteiger partial charge in [-0.3, -0.25) is 24.0 Å². The van der Waals surface area contributed by atoms with Crippen LogP contribution in [-0.4, -0.2) is 84.1 Å². The van der Waals surface area contributed by atoms with Gasteiger partial charge in [0.2, 0.25) is 0 Å². The molecule has 13 nitrogen and oxygen atoms in total. The second-order valence-corrected chi connectivity index (χ2v) is 12.5. The highest BCUT2D eigenvalue weighted by Gasteiger charge is 2.85. The Morgan fingerprint density at radius 2 is 1.27 bits per heavy atom. The fourth-order valence-electron chi connectivity index (χ4n) is 7.80. The summed E-state index contributed by atoms with van der Waals surface area (Å²) in [5.74, 6) is -6.12. The third kappa shape index (κ3) is 5.89. The number of hydrogen-bond donors (Lipinski definition) is 0. The van der Waals surface area contributed by atoms with Crippen molar-refractivity contribution in [2.24, 2.45) is 17.3 Å². The lowest BCUT2D eigenvalue weighted by atomic mass is 9.47. The van der Waals surface area contributed by atoms with Crippen LogP contribution in [-0.2, 0) is 57.1 Å². The highest BCUT2D eigenvalue weighted by molar-refractivity contribution is 5.89. The number of benzene rings is 1. The summed E-state index contributed by atoms with van der Waals surface area (Å²) < 4.78 is 42.4. The molecule has 2 bridgehead atoms. The lowest BCUT2D eigenvalue weighted by Gasteiger charge is -2.64. The van der Waals surface area contributed by atoms with Crippen LogP contribution in [0.1, 0.15) is 72.2 Å². The molecule has 1 aromatic rings. The Kier molecular flexibility index (Phi) is 9.35. The molecule has 0 amide bonds. The van der Waals surface area contributed by atoms with Crippen LogP contribution in [0.25, 0.3) is 0 Å². The second kappa shape index (κ2) is 12.4. The first-order chi connectivity index (χ1) is 21.0. The molecular formula is C32H40O13. The number of ether oxygens (including phenoxy) is 7. The van der Waals surface area contributed by atoms with Crippen molar-refractivity contribution in [3.8, 4) is 0 Å². The summed E-state index contributed by atoms with van der Waals surface area (Å²) >= 11 is 0. The molecule has 3 fully saturated rings. The van der Waals surface area contributed by atoms with E-state index in [1.165, 1.54) is 26.0 Å². The number of hydrogen-bond acceptors (Lipinski definition) is 13. The average Bonchev–Trinajstić information content (AvgIpc) is 3.11. The summed E-state index contributed by atoms with van der Waals surface area (Å²) in [6.45, 7) is 10.4. The Hall–Kier alpha value is -4.00. The van der Waals surface area contributed by atoms with E-state index in [-0.39, 0.29) is 12.0 Å². The minimum Gasteiger partial charge on any atom is -0.465 e. The predicted octanol–water partition coefficient (Wildman–Crippen LogP) is 2.71. The van der Waals surface area contributed by atoms with Crippen LogP contribution in [0.5, 0.6) is 0 Å². The third-order valence-corrected chi connectivity index (χ3v) is 9.00. The quantitative estimate of drug-likeness (QED) is 0.303. The van der Waals surface area contributed by atoms with Gasteiger partial charge in [0.25, 0.3) is 0 Å². The smallest absolute Gasteiger partial charge is 0.338 e. The van der Waals surface area contributed by atoms with Crippen LogP contribution in [0.15, 0.2) is 30.3 Å². The van der Waals surface area contributed by atoms with Crippen LogP contribution in [0, 0.1) is 17.3 Å². The lowest BCUT2D eigenvalue weighted by Crippen LogP contribution is -2.81. The van der Waals surface area contributed by atoms with Crippen LogP contribution in [0.2, 0.25) is 0 Å². The van der Waals surface area contributed by atoms with Crippen molar-refractivity contribution in [2.75, 3.05) is 6.61 Å². The second-order valence-electron chi connectivity index (χ2n) is 12.5. The lowest BCUT2D eigenvalue weighted by molar-refractivity contribution is -0.330. The Bertz CT molecular complexity index is 1360. The molecule has 0 N–H and O–H groups in total. The van der Waals surface area contributed by atoms with Crippen molar-refractivity contribution in [1.29, 1.82) is 0 Å². The minimum absolute atomic E-state index is 0.0567. The van der Waals surface area contributed by atoms with Gasteiger partial charge in [-0.15, -0.1) is 0 Å². The van der Waals surface area contributed by atoms with Crippen molar-refractivity contribution in [3.63, 3.8) is 0 Å². The fraction of sp³-hybridized carbons (Fsp3) is 0.625.